The molecule has 0 saturated heterocycles. The first-order valence-corrected chi connectivity index (χ1v) is 7.94. The molecule has 2 fully saturated rings. The van der Waals surface area contributed by atoms with Crippen molar-refractivity contribution >= 4 is 23.0 Å². The summed E-state index contributed by atoms with van der Waals surface area (Å²) in [5, 5.41) is 4.44. The van der Waals surface area contributed by atoms with E-state index in [0.717, 1.165) is 11.6 Å². The quantitative estimate of drug-likeness (QED) is 0.764. The lowest BCUT2D eigenvalue weighted by Gasteiger charge is -2.44. The average Bonchev–Trinajstić information content (AvgIpc) is 2.82. The predicted octanol–water partition coefficient (Wildman–Crippen LogP) is 4.86. The molecule has 0 heterocycles. The Morgan fingerprint density at radius 1 is 1.30 bits per heavy atom. The van der Waals surface area contributed by atoms with Crippen molar-refractivity contribution in [1.29, 1.82) is 0 Å². The standard InChI is InChI=1S/C17H25ClN2/c1-10-7-13(19)12(18)8-14(10)20-15-16(2,3)11-5-6-17(15,4)9-11/h7-8,11,15,20H,5-6,9,19H2,1-4H3. The second-order valence-electron chi connectivity index (χ2n) is 7.68. The van der Waals surface area contributed by atoms with Gasteiger partial charge >= 0.3 is 0 Å². The molecule has 3 atom stereocenters. The largest absolute Gasteiger partial charge is 0.398 e. The van der Waals surface area contributed by atoms with Gasteiger partial charge in [-0.05, 0) is 60.6 Å². The lowest BCUT2D eigenvalue weighted by atomic mass is 9.68. The summed E-state index contributed by atoms with van der Waals surface area (Å²) >= 11 is 6.19. The van der Waals surface area contributed by atoms with Crippen LogP contribution in [0.2, 0.25) is 5.02 Å². The van der Waals surface area contributed by atoms with Gasteiger partial charge in [0.1, 0.15) is 0 Å². The Bertz CT molecular complexity index is 547. The summed E-state index contributed by atoms with van der Waals surface area (Å²) in [6.45, 7) is 9.35. The van der Waals surface area contributed by atoms with Gasteiger partial charge in [-0.25, -0.2) is 0 Å². The van der Waals surface area contributed by atoms with Crippen molar-refractivity contribution < 1.29 is 0 Å². The maximum absolute atomic E-state index is 6.19. The van der Waals surface area contributed by atoms with Crippen molar-refractivity contribution in [3.8, 4) is 0 Å². The Morgan fingerprint density at radius 2 is 2.00 bits per heavy atom. The maximum Gasteiger partial charge on any atom is 0.0656 e. The molecule has 0 spiro atoms. The number of aryl methyl sites for hydroxylation is 1. The molecule has 2 bridgehead atoms. The molecule has 110 valence electrons. The Kier molecular flexibility index (Phi) is 3.02. The van der Waals surface area contributed by atoms with Crippen LogP contribution in [0.4, 0.5) is 11.4 Å². The summed E-state index contributed by atoms with van der Waals surface area (Å²) in [5.41, 5.74) is 9.60. The second-order valence-corrected chi connectivity index (χ2v) is 8.09. The number of fused-ring (bicyclic) bond motifs is 2. The number of rotatable bonds is 2. The molecule has 2 aliphatic rings. The highest BCUT2D eigenvalue weighted by atomic mass is 35.5. The van der Waals surface area contributed by atoms with Gasteiger partial charge in [0.15, 0.2) is 0 Å². The summed E-state index contributed by atoms with van der Waals surface area (Å²) in [4.78, 5) is 0. The zero-order valence-electron chi connectivity index (χ0n) is 12.9. The molecule has 0 aliphatic heterocycles. The van der Waals surface area contributed by atoms with Gasteiger partial charge in [0.2, 0.25) is 0 Å². The lowest BCUT2D eigenvalue weighted by Crippen LogP contribution is -2.45. The number of halogens is 1. The van der Waals surface area contributed by atoms with E-state index >= 15 is 0 Å². The maximum atomic E-state index is 6.19. The van der Waals surface area contributed by atoms with Crippen LogP contribution in [0.25, 0.3) is 0 Å². The normalized spacial score (nSPS) is 34.5. The van der Waals surface area contributed by atoms with Crippen molar-refractivity contribution in [2.45, 2.75) is 53.0 Å². The molecule has 1 aromatic rings. The van der Waals surface area contributed by atoms with Gasteiger partial charge in [-0.2, -0.15) is 0 Å². The van der Waals surface area contributed by atoms with Crippen LogP contribution in [-0.2, 0) is 0 Å². The number of hydrogen-bond acceptors (Lipinski definition) is 2. The zero-order chi connectivity index (χ0) is 14.7. The first-order valence-electron chi connectivity index (χ1n) is 7.56. The monoisotopic (exact) mass is 292 g/mol. The third-order valence-electron chi connectivity index (χ3n) is 5.91. The Morgan fingerprint density at radius 3 is 2.60 bits per heavy atom. The van der Waals surface area contributed by atoms with Crippen LogP contribution in [0.15, 0.2) is 12.1 Å². The van der Waals surface area contributed by atoms with E-state index in [-0.39, 0.29) is 0 Å². The molecule has 1 aromatic carbocycles. The molecule has 3 rings (SSSR count). The highest BCUT2D eigenvalue weighted by Gasteiger charge is 2.59. The van der Waals surface area contributed by atoms with E-state index in [2.05, 4.69) is 33.0 Å². The smallest absolute Gasteiger partial charge is 0.0656 e. The van der Waals surface area contributed by atoms with E-state index in [1.165, 1.54) is 24.8 Å². The second kappa shape index (κ2) is 4.30. The van der Waals surface area contributed by atoms with Gasteiger partial charge in [-0.3, -0.25) is 0 Å². The van der Waals surface area contributed by atoms with Crippen molar-refractivity contribution in [2.24, 2.45) is 16.7 Å². The molecular formula is C17H25ClN2. The van der Waals surface area contributed by atoms with Crippen molar-refractivity contribution in [3.63, 3.8) is 0 Å². The fourth-order valence-corrected chi connectivity index (χ4v) is 4.84. The Labute approximate surface area is 127 Å². The van der Waals surface area contributed by atoms with Gasteiger partial charge < -0.3 is 11.1 Å². The minimum atomic E-state index is 0.341. The Hall–Kier alpha value is -0.890. The first-order chi connectivity index (χ1) is 9.24. The molecule has 2 aliphatic carbocycles. The number of nitrogens with one attached hydrogen (secondary N) is 1. The SMILES string of the molecule is Cc1cc(N)c(Cl)cc1NC1C2(C)CCC(C2)C1(C)C. The minimum Gasteiger partial charge on any atom is -0.398 e. The van der Waals surface area contributed by atoms with Crippen molar-refractivity contribution in [3.05, 3.63) is 22.7 Å². The molecule has 0 amide bonds. The summed E-state index contributed by atoms with van der Waals surface area (Å²) in [6, 6.07) is 4.46. The Balaban J connectivity index is 1.93. The summed E-state index contributed by atoms with van der Waals surface area (Å²) in [7, 11) is 0. The van der Waals surface area contributed by atoms with E-state index in [1.807, 2.05) is 12.1 Å². The van der Waals surface area contributed by atoms with Gasteiger partial charge in [0, 0.05) is 11.7 Å². The van der Waals surface area contributed by atoms with Gasteiger partial charge in [-0.1, -0.05) is 32.4 Å². The van der Waals surface area contributed by atoms with E-state index in [4.69, 9.17) is 17.3 Å². The van der Waals surface area contributed by atoms with E-state index in [1.54, 1.807) is 0 Å². The third kappa shape index (κ3) is 1.92. The molecular weight excluding hydrogens is 268 g/mol. The first kappa shape index (κ1) is 14.1. The fourth-order valence-electron chi connectivity index (χ4n) is 4.68. The summed E-state index contributed by atoms with van der Waals surface area (Å²) in [6.07, 6.45) is 4.06. The number of hydrogen-bond donors (Lipinski definition) is 2. The van der Waals surface area contributed by atoms with E-state index in [0.29, 0.717) is 27.6 Å². The topological polar surface area (TPSA) is 38.0 Å². The zero-order valence-corrected chi connectivity index (χ0v) is 13.6. The fraction of sp³-hybridized carbons (Fsp3) is 0.647. The minimum absolute atomic E-state index is 0.341. The highest BCUT2D eigenvalue weighted by Crippen LogP contribution is 2.63. The number of nitrogen functional groups attached to an aromatic ring is 1. The van der Waals surface area contributed by atoms with Gasteiger partial charge in [-0.15, -0.1) is 0 Å². The number of anilines is 2. The van der Waals surface area contributed by atoms with Crippen LogP contribution in [0.3, 0.4) is 0 Å². The van der Waals surface area contributed by atoms with Crippen LogP contribution in [0.5, 0.6) is 0 Å². The molecule has 2 saturated carbocycles. The molecule has 0 aromatic heterocycles. The highest BCUT2D eigenvalue weighted by molar-refractivity contribution is 6.33. The van der Waals surface area contributed by atoms with Crippen LogP contribution in [0.1, 0.15) is 45.6 Å². The van der Waals surface area contributed by atoms with Crippen LogP contribution < -0.4 is 11.1 Å². The van der Waals surface area contributed by atoms with Crippen LogP contribution in [-0.4, -0.2) is 6.04 Å². The molecule has 3 heteroatoms. The molecule has 3 unspecified atom stereocenters. The molecule has 2 nitrogen and oxygen atoms in total. The van der Waals surface area contributed by atoms with Crippen molar-refractivity contribution in [1.82, 2.24) is 0 Å². The van der Waals surface area contributed by atoms with E-state index < -0.39 is 0 Å². The van der Waals surface area contributed by atoms with Gasteiger partial charge in [0.05, 0.1) is 10.7 Å². The summed E-state index contributed by atoms with van der Waals surface area (Å²) < 4.78 is 0. The molecule has 0 radical (unpaired) electrons. The average molecular weight is 293 g/mol. The van der Waals surface area contributed by atoms with Crippen LogP contribution >= 0.6 is 11.6 Å². The third-order valence-corrected chi connectivity index (χ3v) is 6.24. The molecule has 3 N–H and O–H groups in total. The van der Waals surface area contributed by atoms with E-state index in [9.17, 15) is 0 Å². The number of nitrogens with two attached hydrogens (primary N) is 1. The predicted molar refractivity (Wildman–Crippen MR) is 87.2 cm³/mol. The summed E-state index contributed by atoms with van der Waals surface area (Å²) in [5.74, 6) is 0.842. The van der Waals surface area contributed by atoms with Crippen LogP contribution in [0, 0.1) is 23.7 Å². The molecule has 20 heavy (non-hydrogen) atoms. The number of benzene rings is 1. The van der Waals surface area contributed by atoms with Gasteiger partial charge in [0.25, 0.3) is 0 Å². The van der Waals surface area contributed by atoms with Crippen molar-refractivity contribution in [2.75, 3.05) is 11.1 Å². The lowest BCUT2D eigenvalue weighted by molar-refractivity contribution is 0.155.